The number of rotatable bonds is 1. The fourth-order valence-electron chi connectivity index (χ4n) is 2.72. The van der Waals surface area contributed by atoms with Crippen molar-refractivity contribution >= 4 is 45.0 Å². The number of hydrogen-bond donors (Lipinski definition) is 2. The van der Waals surface area contributed by atoms with Gasteiger partial charge in [0.15, 0.2) is 6.10 Å². The summed E-state index contributed by atoms with van der Waals surface area (Å²) >= 11 is 5.56. The molecule has 1 atom stereocenters. The number of anilines is 2. The van der Waals surface area contributed by atoms with Gasteiger partial charge in [0.2, 0.25) is 0 Å². The molecule has 108 valence electrons. The average Bonchev–Trinajstić information content (AvgIpc) is 2.63. The number of halogens is 1. The van der Waals surface area contributed by atoms with E-state index in [4.69, 9.17) is 0 Å². The molecule has 1 unspecified atom stereocenters. The van der Waals surface area contributed by atoms with Crippen molar-refractivity contribution in [3.05, 3.63) is 22.2 Å². The van der Waals surface area contributed by atoms with Crippen molar-refractivity contribution in [3.63, 3.8) is 0 Å². The predicted molar refractivity (Wildman–Crippen MR) is 86.5 cm³/mol. The molecule has 2 N–H and O–H groups in total. The van der Waals surface area contributed by atoms with Gasteiger partial charge in [-0.25, -0.2) is 0 Å². The van der Waals surface area contributed by atoms with Crippen LogP contribution >= 0.6 is 27.7 Å². The second-order valence-electron chi connectivity index (χ2n) is 5.81. The summed E-state index contributed by atoms with van der Waals surface area (Å²) in [5.74, 6) is 0.740. The van der Waals surface area contributed by atoms with Crippen LogP contribution in [0.3, 0.4) is 0 Å². The number of hydrogen-bond acceptors (Lipinski definition) is 4. The molecule has 2 heterocycles. The number of fused-ring (bicyclic) bond motifs is 1. The Morgan fingerprint density at radius 2 is 2.25 bits per heavy atom. The molecule has 1 fully saturated rings. The van der Waals surface area contributed by atoms with E-state index in [-0.39, 0.29) is 10.7 Å². The van der Waals surface area contributed by atoms with Gasteiger partial charge in [-0.3, -0.25) is 4.79 Å². The van der Waals surface area contributed by atoms with Crippen molar-refractivity contribution in [2.45, 2.75) is 24.7 Å². The molecule has 1 saturated heterocycles. The molecule has 6 heteroatoms. The van der Waals surface area contributed by atoms with Crippen LogP contribution in [0.1, 0.15) is 25.5 Å². The van der Waals surface area contributed by atoms with E-state index in [1.54, 1.807) is 0 Å². The van der Waals surface area contributed by atoms with Crippen molar-refractivity contribution in [2.75, 3.05) is 29.1 Å². The number of amides is 1. The minimum atomic E-state index is -1.05. The summed E-state index contributed by atoms with van der Waals surface area (Å²) in [6, 6.07) is 3.81. The third-order valence-corrected chi connectivity index (χ3v) is 5.62. The third-order valence-electron chi connectivity index (χ3n) is 3.69. The molecular weight excluding hydrogens is 340 g/mol. The molecule has 0 aromatic heterocycles. The lowest BCUT2D eigenvalue weighted by atomic mass is 10.1. The molecule has 0 radical (unpaired) electrons. The second-order valence-corrected chi connectivity index (χ2v) is 8.47. The van der Waals surface area contributed by atoms with Gasteiger partial charge < -0.3 is 15.3 Å². The molecule has 3 rings (SSSR count). The Balaban J connectivity index is 1.96. The van der Waals surface area contributed by atoms with E-state index in [0.29, 0.717) is 5.56 Å². The molecule has 0 aliphatic carbocycles. The van der Waals surface area contributed by atoms with Crippen molar-refractivity contribution in [3.8, 4) is 0 Å². The molecule has 20 heavy (non-hydrogen) atoms. The molecule has 0 bridgehead atoms. The SMILES string of the molecule is CC1(C)CN(c2cc3c(cc2Br)C(O)C(=O)N3)CCS1. The Bertz CT molecular complexity index is 577. The number of carbonyl (C=O) groups is 1. The van der Waals surface area contributed by atoms with Crippen LogP contribution in [0, 0.1) is 0 Å². The standard InChI is InChI=1S/C14H17BrN2O2S/c1-14(2)7-17(3-4-20-14)11-6-10-8(5-9(11)15)12(18)13(19)16-10/h5-6,12,18H,3-4,7H2,1-2H3,(H,16,19). The minimum absolute atomic E-state index is 0.222. The second kappa shape index (κ2) is 4.93. The third kappa shape index (κ3) is 2.44. The van der Waals surface area contributed by atoms with Gasteiger partial charge in [0, 0.05) is 39.3 Å². The van der Waals surface area contributed by atoms with E-state index in [0.717, 1.165) is 34.7 Å². The first-order valence-corrected chi connectivity index (χ1v) is 8.36. The lowest BCUT2D eigenvalue weighted by Crippen LogP contribution is -2.43. The highest BCUT2D eigenvalue weighted by molar-refractivity contribution is 9.10. The molecule has 2 aliphatic rings. The van der Waals surface area contributed by atoms with Crippen molar-refractivity contribution in [1.29, 1.82) is 0 Å². The lowest BCUT2D eigenvalue weighted by molar-refractivity contribution is -0.123. The van der Waals surface area contributed by atoms with Crippen molar-refractivity contribution in [2.24, 2.45) is 0 Å². The van der Waals surface area contributed by atoms with Gasteiger partial charge in [-0.15, -0.1) is 0 Å². The normalized spacial score (nSPS) is 24.5. The summed E-state index contributed by atoms with van der Waals surface area (Å²) in [4.78, 5) is 13.9. The Labute approximate surface area is 131 Å². The van der Waals surface area contributed by atoms with Crippen LogP contribution in [0.2, 0.25) is 0 Å². The molecule has 1 aromatic rings. The minimum Gasteiger partial charge on any atom is -0.378 e. The summed E-state index contributed by atoms with van der Waals surface area (Å²) in [7, 11) is 0. The van der Waals surface area contributed by atoms with E-state index >= 15 is 0 Å². The summed E-state index contributed by atoms with van der Waals surface area (Å²) in [5, 5.41) is 12.5. The number of nitrogens with one attached hydrogen (secondary N) is 1. The smallest absolute Gasteiger partial charge is 0.257 e. The zero-order valence-electron chi connectivity index (χ0n) is 11.4. The number of benzene rings is 1. The predicted octanol–water partition coefficient (Wildman–Crippen LogP) is 2.77. The molecule has 2 aliphatic heterocycles. The first kappa shape index (κ1) is 14.2. The zero-order valence-corrected chi connectivity index (χ0v) is 13.8. The van der Waals surface area contributed by atoms with Gasteiger partial charge in [-0.2, -0.15) is 11.8 Å². The lowest BCUT2D eigenvalue weighted by Gasteiger charge is -2.39. The van der Waals surface area contributed by atoms with Gasteiger partial charge in [-0.1, -0.05) is 0 Å². The zero-order chi connectivity index (χ0) is 14.5. The van der Waals surface area contributed by atoms with E-state index < -0.39 is 6.10 Å². The fourth-order valence-corrected chi connectivity index (χ4v) is 4.44. The van der Waals surface area contributed by atoms with Gasteiger partial charge in [0.05, 0.1) is 5.69 Å². The number of carbonyl (C=O) groups excluding carboxylic acids is 1. The highest BCUT2D eigenvalue weighted by atomic mass is 79.9. The number of aliphatic hydroxyl groups is 1. The summed E-state index contributed by atoms with van der Waals surface area (Å²) in [5.41, 5.74) is 2.44. The van der Waals surface area contributed by atoms with Crippen LogP contribution in [-0.4, -0.2) is 34.6 Å². The summed E-state index contributed by atoms with van der Waals surface area (Å²) in [6.07, 6.45) is -1.05. The molecule has 4 nitrogen and oxygen atoms in total. The van der Waals surface area contributed by atoms with E-state index in [1.165, 1.54) is 0 Å². The quantitative estimate of drug-likeness (QED) is 0.812. The van der Waals surface area contributed by atoms with Crippen LogP contribution in [0.5, 0.6) is 0 Å². The summed E-state index contributed by atoms with van der Waals surface area (Å²) in [6.45, 7) is 6.45. The average molecular weight is 357 g/mol. The Morgan fingerprint density at radius 1 is 1.50 bits per heavy atom. The largest absolute Gasteiger partial charge is 0.378 e. The summed E-state index contributed by atoms with van der Waals surface area (Å²) < 4.78 is 1.15. The van der Waals surface area contributed by atoms with Gasteiger partial charge >= 0.3 is 0 Å². The first-order valence-electron chi connectivity index (χ1n) is 6.59. The highest BCUT2D eigenvalue weighted by Crippen LogP contribution is 2.41. The maximum atomic E-state index is 11.5. The van der Waals surface area contributed by atoms with Crippen LogP contribution in [-0.2, 0) is 4.79 Å². The van der Waals surface area contributed by atoms with Gasteiger partial charge in [0.1, 0.15) is 0 Å². The van der Waals surface area contributed by atoms with E-state index in [2.05, 4.69) is 40.0 Å². The number of aliphatic hydroxyl groups excluding tert-OH is 1. The van der Waals surface area contributed by atoms with Crippen LogP contribution in [0.4, 0.5) is 11.4 Å². The van der Waals surface area contributed by atoms with Gasteiger partial charge in [-0.05, 0) is 41.9 Å². The Kier molecular flexibility index (Phi) is 3.51. The number of nitrogens with zero attached hydrogens (tertiary/aromatic N) is 1. The first-order chi connectivity index (χ1) is 9.37. The monoisotopic (exact) mass is 356 g/mol. The van der Waals surface area contributed by atoms with Crippen molar-refractivity contribution in [1.82, 2.24) is 0 Å². The van der Waals surface area contributed by atoms with Crippen LogP contribution < -0.4 is 10.2 Å². The molecule has 1 aromatic carbocycles. The molecule has 1 amide bonds. The topological polar surface area (TPSA) is 52.6 Å². The van der Waals surface area contributed by atoms with E-state index in [9.17, 15) is 9.90 Å². The number of thioether (sulfide) groups is 1. The highest BCUT2D eigenvalue weighted by Gasteiger charge is 2.32. The fraction of sp³-hybridized carbons (Fsp3) is 0.500. The maximum absolute atomic E-state index is 11.5. The maximum Gasteiger partial charge on any atom is 0.257 e. The molecule has 0 saturated carbocycles. The van der Waals surface area contributed by atoms with Crippen molar-refractivity contribution < 1.29 is 9.90 Å². The van der Waals surface area contributed by atoms with Gasteiger partial charge in [0.25, 0.3) is 5.91 Å². The molecule has 0 spiro atoms. The van der Waals surface area contributed by atoms with Crippen LogP contribution in [0.15, 0.2) is 16.6 Å². The Hall–Kier alpha value is -0.720. The van der Waals surface area contributed by atoms with E-state index in [1.807, 2.05) is 23.9 Å². The Morgan fingerprint density at radius 3 is 2.95 bits per heavy atom. The molecular formula is C14H17BrN2O2S. The van der Waals surface area contributed by atoms with Crippen LogP contribution in [0.25, 0.3) is 0 Å².